The Morgan fingerprint density at radius 1 is 1.11 bits per heavy atom. The van der Waals surface area contributed by atoms with E-state index in [2.05, 4.69) is 20.5 Å². The highest BCUT2D eigenvalue weighted by Crippen LogP contribution is 2.36. The summed E-state index contributed by atoms with van der Waals surface area (Å²) < 4.78 is 0. The molecule has 9 nitrogen and oxygen atoms in total. The molecule has 1 unspecified atom stereocenters. The Morgan fingerprint density at radius 2 is 1.92 bits per heavy atom. The minimum absolute atomic E-state index is 0.108. The lowest BCUT2D eigenvalue weighted by Gasteiger charge is -2.37. The third-order valence-corrected chi connectivity index (χ3v) is 8.26. The van der Waals surface area contributed by atoms with Gasteiger partial charge in [-0.05, 0) is 81.8 Å². The number of piperidine rings is 1. The molecule has 1 atom stereocenters. The van der Waals surface area contributed by atoms with Gasteiger partial charge in [0.25, 0.3) is 5.91 Å². The first kappa shape index (κ1) is 26.6. The molecule has 3 aliphatic rings. The first-order chi connectivity index (χ1) is 18.5. The van der Waals surface area contributed by atoms with Crippen LogP contribution in [0.25, 0.3) is 0 Å². The Hall–Kier alpha value is -3.01. The van der Waals surface area contributed by atoms with E-state index in [1.807, 2.05) is 13.1 Å². The number of nitrogens with zero attached hydrogens (tertiary/aromatic N) is 4. The molecule has 3 heterocycles. The van der Waals surface area contributed by atoms with Gasteiger partial charge in [0.2, 0.25) is 0 Å². The van der Waals surface area contributed by atoms with Gasteiger partial charge in [-0.1, -0.05) is 18.6 Å². The summed E-state index contributed by atoms with van der Waals surface area (Å²) in [6.45, 7) is 4.40. The molecule has 204 valence electrons. The molecular formula is C29H40N6O3. The largest absolute Gasteiger partial charge is 0.393 e. The van der Waals surface area contributed by atoms with Gasteiger partial charge in [0, 0.05) is 38.9 Å². The van der Waals surface area contributed by atoms with Gasteiger partial charge < -0.3 is 20.6 Å². The normalized spacial score (nSPS) is 23.7. The van der Waals surface area contributed by atoms with Gasteiger partial charge in [-0.2, -0.15) is 0 Å². The van der Waals surface area contributed by atoms with Gasteiger partial charge in [0.15, 0.2) is 5.82 Å². The molecule has 1 aromatic heterocycles. The number of amides is 3. The lowest BCUT2D eigenvalue weighted by Crippen LogP contribution is -2.50. The Morgan fingerprint density at radius 3 is 2.76 bits per heavy atom. The molecule has 2 aromatic rings. The van der Waals surface area contributed by atoms with E-state index in [9.17, 15) is 14.7 Å². The molecule has 1 saturated carbocycles. The molecule has 2 fully saturated rings. The third kappa shape index (κ3) is 6.00. The number of aliphatic hydroxyl groups is 1. The zero-order chi connectivity index (χ0) is 26.5. The van der Waals surface area contributed by atoms with E-state index in [4.69, 9.17) is 0 Å². The number of aliphatic hydroxyl groups excluding tert-OH is 1. The van der Waals surface area contributed by atoms with Crippen molar-refractivity contribution < 1.29 is 14.7 Å². The van der Waals surface area contributed by atoms with E-state index in [0.717, 1.165) is 51.9 Å². The van der Waals surface area contributed by atoms with Crippen molar-refractivity contribution in [3.8, 4) is 0 Å². The molecule has 1 aromatic carbocycles. The van der Waals surface area contributed by atoms with E-state index in [0.29, 0.717) is 41.3 Å². The SMILES string of the molecule is CN(CCN1CCCCC1CNCC1CCC(O)CC1)C(=O)N1c2ccccc2C(=O)Nc2cccnc21. The minimum atomic E-state index is -0.249. The van der Waals surface area contributed by atoms with E-state index in [-0.39, 0.29) is 18.0 Å². The lowest BCUT2D eigenvalue weighted by molar-refractivity contribution is 0.102. The topological polar surface area (TPSA) is 101 Å². The first-order valence-electron chi connectivity index (χ1n) is 14.0. The fourth-order valence-corrected chi connectivity index (χ4v) is 5.96. The smallest absolute Gasteiger partial charge is 0.330 e. The van der Waals surface area contributed by atoms with E-state index >= 15 is 0 Å². The van der Waals surface area contributed by atoms with Crippen molar-refractivity contribution in [2.24, 2.45) is 5.92 Å². The summed E-state index contributed by atoms with van der Waals surface area (Å²) in [5, 5.41) is 16.4. The maximum atomic E-state index is 13.8. The van der Waals surface area contributed by atoms with Crippen molar-refractivity contribution in [1.82, 2.24) is 20.1 Å². The number of likely N-dealkylation sites (N-methyl/N-ethyl adjacent to an activating group) is 1. The predicted molar refractivity (Wildman–Crippen MR) is 149 cm³/mol. The van der Waals surface area contributed by atoms with Crippen LogP contribution in [-0.4, -0.2) is 83.7 Å². The van der Waals surface area contributed by atoms with E-state index in [1.165, 1.54) is 19.3 Å². The van der Waals surface area contributed by atoms with Gasteiger partial charge in [-0.25, -0.2) is 14.7 Å². The number of aromatic nitrogens is 1. The molecule has 3 amide bonds. The van der Waals surface area contributed by atoms with Crippen LogP contribution in [0.3, 0.4) is 0 Å². The van der Waals surface area contributed by atoms with Gasteiger partial charge >= 0.3 is 6.03 Å². The van der Waals surface area contributed by atoms with Gasteiger partial charge in [0.05, 0.1) is 23.0 Å². The predicted octanol–water partition coefficient (Wildman–Crippen LogP) is 3.83. The zero-order valence-electron chi connectivity index (χ0n) is 22.3. The number of hydrogen-bond donors (Lipinski definition) is 3. The van der Waals surface area contributed by atoms with Crippen molar-refractivity contribution in [3.05, 3.63) is 48.2 Å². The van der Waals surface area contributed by atoms with Crippen LogP contribution in [0.15, 0.2) is 42.6 Å². The molecule has 3 N–H and O–H groups in total. The van der Waals surface area contributed by atoms with E-state index in [1.54, 1.807) is 46.3 Å². The van der Waals surface area contributed by atoms with Gasteiger partial charge in [-0.15, -0.1) is 0 Å². The molecule has 2 aliphatic heterocycles. The van der Waals surface area contributed by atoms with Crippen LogP contribution in [0.2, 0.25) is 0 Å². The molecule has 0 bridgehead atoms. The average Bonchev–Trinajstić information content (AvgIpc) is 3.06. The van der Waals surface area contributed by atoms with Crippen molar-refractivity contribution in [2.75, 3.05) is 50.0 Å². The van der Waals surface area contributed by atoms with Crippen LogP contribution < -0.4 is 15.5 Å². The highest BCUT2D eigenvalue weighted by molar-refractivity contribution is 6.16. The Bertz CT molecular complexity index is 1120. The summed E-state index contributed by atoms with van der Waals surface area (Å²) in [5.41, 5.74) is 1.50. The molecule has 1 aliphatic carbocycles. The Balaban J connectivity index is 1.22. The van der Waals surface area contributed by atoms with Crippen LogP contribution in [0.5, 0.6) is 0 Å². The maximum absolute atomic E-state index is 13.8. The molecule has 1 saturated heterocycles. The second-order valence-corrected chi connectivity index (χ2v) is 10.9. The zero-order valence-corrected chi connectivity index (χ0v) is 22.3. The highest BCUT2D eigenvalue weighted by Gasteiger charge is 2.32. The number of benzene rings is 1. The molecule has 9 heteroatoms. The fraction of sp³-hybridized carbons (Fsp3) is 0.552. The molecule has 0 radical (unpaired) electrons. The number of para-hydroxylation sites is 1. The van der Waals surface area contributed by atoms with E-state index < -0.39 is 0 Å². The number of pyridine rings is 1. The second-order valence-electron chi connectivity index (χ2n) is 10.9. The van der Waals surface area contributed by atoms with Crippen LogP contribution >= 0.6 is 0 Å². The summed E-state index contributed by atoms with van der Waals surface area (Å²) >= 11 is 0. The first-order valence-corrected chi connectivity index (χ1v) is 14.0. The standard InChI is InChI=1S/C29H40N6O3/c1-33(17-18-34-16-5-4-7-22(34)20-30-19-21-11-13-23(36)14-12-21)29(38)35-26-10-3-2-8-24(26)28(37)32-25-9-6-15-31-27(25)35/h2-3,6,8-10,15,21-23,30,36H,4-5,7,11-14,16-20H2,1H3,(H,32,37). The summed E-state index contributed by atoms with van der Waals surface area (Å²) in [4.78, 5) is 37.0. The van der Waals surface area contributed by atoms with Gasteiger partial charge in [0.1, 0.15) is 0 Å². The number of anilines is 3. The highest BCUT2D eigenvalue weighted by atomic mass is 16.3. The Kier molecular flexibility index (Phi) is 8.56. The summed E-state index contributed by atoms with van der Waals surface area (Å²) in [5.74, 6) is 0.840. The number of rotatable bonds is 7. The van der Waals surface area contributed by atoms with Crippen molar-refractivity contribution in [2.45, 2.75) is 57.1 Å². The van der Waals surface area contributed by atoms with Crippen LogP contribution in [0, 0.1) is 5.92 Å². The average molecular weight is 521 g/mol. The molecule has 5 rings (SSSR count). The molecular weight excluding hydrogens is 480 g/mol. The number of hydrogen-bond acceptors (Lipinski definition) is 6. The lowest BCUT2D eigenvalue weighted by atomic mass is 9.87. The summed E-state index contributed by atoms with van der Waals surface area (Å²) in [6, 6.07) is 10.9. The molecule has 0 spiro atoms. The summed E-state index contributed by atoms with van der Waals surface area (Å²) in [6.07, 6.45) is 9.17. The number of nitrogens with one attached hydrogen (secondary N) is 2. The van der Waals surface area contributed by atoms with Crippen LogP contribution in [0.4, 0.5) is 22.0 Å². The van der Waals surface area contributed by atoms with Crippen molar-refractivity contribution >= 4 is 29.1 Å². The monoisotopic (exact) mass is 520 g/mol. The number of carbonyl (C=O) groups is 2. The summed E-state index contributed by atoms with van der Waals surface area (Å²) in [7, 11) is 1.82. The van der Waals surface area contributed by atoms with Crippen LogP contribution in [-0.2, 0) is 0 Å². The second kappa shape index (κ2) is 12.2. The molecule has 38 heavy (non-hydrogen) atoms. The Labute approximate surface area is 225 Å². The fourth-order valence-electron chi connectivity index (χ4n) is 5.96. The number of urea groups is 1. The van der Waals surface area contributed by atoms with Crippen molar-refractivity contribution in [1.29, 1.82) is 0 Å². The van der Waals surface area contributed by atoms with Crippen LogP contribution in [0.1, 0.15) is 55.3 Å². The van der Waals surface area contributed by atoms with Gasteiger partial charge in [-0.3, -0.25) is 9.69 Å². The number of carbonyl (C=O) groups excluding carboxylic acids is 2. The number of fused-ring (bicyclic) bond motifs is 2. The maximum Gasteiger partial charge on any atom is 0.330 e. The third-order valence-electron chi connectivity index (χ3n) is 8.26. The number of likely N-dealkylation sites (tertiary alicyclic amines) is 1. The van der Waals surface area contributed by atoms with Crippen molar-refractivity contribution in [3.63, 3.8) is 0 Å². The minimum Gasteiger partial charge on any atom is -0.393 e. The quantitative estimate of drug-likeness (QED) is 0.513.